The van der Waals surface area contributed by atoms with Crippen LogP contribution in [0.5, 0.6) is 0 Å². The van der Waals surface area contributed by atoms with E-state index in [1.165, 1.54) is 0 Å². The predicted octanol–water partition coefficient (Wildman–Crippen LogP) is 5.17. The van der Waals surface area contributed by atoms with Crippen molar-refractivity contribution >= 4 is 23.2 Å². The number of nitrogens with zero attached hydrogens (tertiary/aromatic N) is 3. The Morgan fingerprint density at radius 3 is 2.58 bits per heavy atom. The quantitative estimate of drug-likeness (QED) is 0.490. The summed E-state index contributed by atoms with van der Waals surface area (Å²) in [4.78, 5) is 4.90. The third kappa shape index (κ3) is 5.58. The fourth-order valence-electron chi connectivity index (χ4n) is 4.98. The van der Waals surface area contributed by atoms with Crippen molar-refractivity contribution in [1.29, 1.82) is 0 Å². The van der Waals surface area contributed by atoms with Crippen LogP contribution in [0.4, 0.5) is 0 Å². The predicted molar refractivity (Wildman–Crippen MR) is 134 cm³/mol. The molecule has 1 aliphatic heterocycles. The van der Waals surface area contributed by atoms with Crippen LogP contribution in [0.25, 0.3) is 11.3 Å². The van der Waals surface area contributed by atoms with Crippen LogP contribution >= 0.6 is 23.2 Å². The van der Waals surface area contributed by atoms with Crippen LogP contribution in [-0.4, -0.2) is 66.6 Å². The zero-order valence-electron chi connectivity index (χ0n) is 19.9. The normalized spacial score (nSPS) is 21.9. The average molecular weight is 495 g/mol. The van der Waals surface area contributed by atoms with Crippen molar-refractivity contribution in [3.8, 4) is 11.3 Å². The summed E-state index contributed by atoms with van der Waals surface area (Å²) in [6.07, 6.45) is 5.24. The molecule has 0 amide bonds. The Hall–Kier alpha value is -1.15. The van der Waals surface area contributed by atoms with Crippen molar-refractivity contribution in [3.63, 3.8) is 0 Å². The van der Waals surface area contributed by atoms with E-state index in [1.807, 2.05) is 18.2 Å². The molecule has 1 aromatic heterocycles. The first-order chi connectivity index (χ1) is 15.9. The highest BCUT2D eigenvalue weighted by Crippen LogP contribution is 2.46. The first-order valence-corrected chi connectivity index (χ1v) is 12.9. The number of methoxy groups -OCH3 is 1. The molecule has 0 bridgehead atoms. The van der Waals surface area contributed by atoms with E-state index < -0.39 is 0 Å². The van der Waals surface area contributed by atoms with Crippen LogP contribution in [0, 0.1) is 0 Å². The molecule has 0 spiro atoms. The molecule has 2 fully saturated rings. The maximum Gasteiger partial charge on any atom is 0.143 e. The summed E-state index contributed by atoms with van der Waals surface area (Å²) in [6, 6.07) is 5.97. The van der Waals surface area contributed by atoms with Crippen LogP contribution in [0.1, 0.15) is 56.8 Å². The minimum Gasteiger partial charge on any atom is -0.378 e. The highest BCUT2D eigenvalue weighted by molar-refractivity contribution is 6.39. The van der Waals surface area contributed by atoms with E-state index in [4.69, 9.17) is 38.2 Å². The zero-order chi connectivity index (χ0) is 23.5. The molecule has 1 aliphatic carbocycles. The maximum absolute atomic E-state index is 6.56. The van der Waals surface area contributed by atoms with Crippen molar-refractivity contribution in [2.45, 2.75) is 70.2 Å². The molecular weight excluding hydrogens is 459 g/mol. The molecule has 2 heterocycles. The smallest absolute Gasteiger partial charge is 0.143 e. The average Bonchev–Trinajstić information content (AvgIpc) is 3.56. The molecule has 6 nitrogen and oxygen atoms in total. The van der Waals surface area contributed by atoms with Crippen LogP contribution < -0.4 is 5.73 Å². The van der Waals surface area contributed by atoms with Gasteiger partial charge in [-0.15, -0.1) is 0 Å². The Kier molecular flexibility index (Phi) is 8.37. The van der Waals surface area contributed by atoms with E-state index in [0.29, 0.717) is 22.0 Å². The van der Waals surface area contributed by atoms with E-state index >= 15 is 0 Å². The number of hydrogen-bond donors (Lipinski definition) is 1. The fourth-order valence-corrected chi connectivity index (χ4v) is 5.56. The topological polar surface area (TPSA) is 67.8 Å². The molecule has 33 heavy (non-hydrogen) atoms. The van der Waals surface area contributed by atoms with Crippen LogP contribution in [-0.2, 0) is 11.2 Å². The van der Waals surface area contributed by atoms with Crippen molar-refractivity contribution in [2.24, 2.45) is 5.73 Å². The lowest BCUT2D eigenvalue weighted by molar-refractivity contribution is -0.0206. The molecule has 2 N–H and O–H groups in total. The standard InChI is InChI=1S/C25H36Cl2N4O2/c1-4-6-21(32-3)25(28)31-14-13-30(16(2)15-31)12-11-18-23(29-33-24(18)17-9-10-17)22-19(26)7-5-8-20(22)27/h5,7-8,16-17,21,25H,4,6,9-15,28H2,1-3H3/t16?,21-,25?/m1/s1. The number of nitrogens with two attached hydrogens (primary N) is 1. The van der Waals surface area contributed by atoms with Gasteiger partial charge in [0.2, 0.25) is 0 Å². The van der Waals surface area contributed by atoms with Gasteiger partial charge in [0.05, 0.1) is 22.3 Å². The van der Waals surface area contributed by atoms with Gasteiger partial charge in [0.15, 0.2) is 0 Å². The van der Waals surface area contributed by atoms with Crippen LogP contribution in [0.2, 0.25) is 10.0 Å². The summed E-state index contributed by atoms with van der Waals surface area (Å²) in [7, 11) is 1.76. The maximum atomic E-state index is 6.56. The summed E-state index contributed by atoms with van der Waals surface area (Å²) in [5, 5.41) is 5.65. The summed E-state index contributed by atoms with van der Waals surface area (Å²) in [5.74, 6) is 1.48. The molecule has 2 aromatic rings. The van der Waals surface area contributed by atoms with E-state index in [2.05, 4.69) is 28.8 Å². The molecule has 0 radical (unpaired) electrons. The molecule has 3 atom stereocenters. The van der Waals surface area contributed by atoms with Crippen molar-refractivity contribution in [1.82, 2.24) is 15.0 Å². The lowest BCUT2D eigenvalue weighted by atomic mass is 10.0. The lowest BCUT2D eigenvalue weighted by Crippen LogP contribution is -2.60. The van der Waals surface area contributed by atoms with E-state index in [0.717, 1.165) is 80.9 Å². The summed E-state index contributed by atoms with van der Waals surface area (Å²) < 4.78 is 11.5. The van der Waals surface area contributed by atoms with Gasteiger partial charge >= 0.3 is 0 Å². The molecule has 182 valence electrons. The molecule has 2 unspecified atom stereocenters. The van der Waals surface area contributed by atoms with Crippen LogP contribution in [0.15, 0.2) is 22.7 Å². The highest BCUT2D eigenvalue weighted by atomic mass is 35.5. The van der Waals surface area contributed by atoms with Gasteiger partial charge in [-0.3, -0.25) is 9.80 Å². The minimum absolute atomic E-state index is 0.0620. The van der Waals surface area contributed by atoms with Gasteiger partial charge < -0.3 is 15.0 Å². The Labute approximate surface area is 207 Å². The van der Waals surface area contributed by atoms with Crippen LogP contribution in [0.3, 0.4) is 0 Å². The molecule has 1 saturated carbocycles. The number of hydrogen-bond acceptors (Lipinski definition) is 6. The van der Waals surface area contributed by atoms with Gasteiger partial charge in [-0.25, -0.2) is 0 Å². The minimum atomic E-state index is -0.0620. The van der Waals surface area contributed by atoms with Gasteiger partial charge in [-0.1, -0.05) is 47.8 Å². The molecule has 2 aliphatic rings. The molecule has 1 saturated heterocycles. The Morgan fingerprint density at radius 2 is 1.97 bits per heavy atom. The second-order valence-electron chi connectivity index (χ2n) is 9.43. The van der Waals surface area contributed by atoms with Gasteiger partial charge in [0.25, 0.3) is 0 Å². The third-order valence-electron chi connectivity index (χ3n) is 7.09. The van der Waals surface area contributed by atoms with E-state index in [9.17, 15) is 0 Å². The molecule has 1 aromatic carbocycles. The fraction of sp³-hybridized carbons (Fsp3) is 0.640. The first kappa shape index (κ1) is 25.0. The number of piperazine rings is 1. The van der Waals surface area contributed by atoms with Crippen molar-refractivity contribution in [3.05, 3.63) is 39.6 Å². The monoisotopic (exact) mass is 494 g/mol. The van der Waals surface area contributed by atoms with Crippen molar-refractivity contribution < 1.29 is 9.26 Å². The number of rotatable bonds is 10. The second kappa shape index (κ2) is 11.1. The molecular formula is C25H36Cl2N4O2. The number of ether oxygens (including phenoxy) is 1. The SMILES string of the molecule is CCC[C@@H](OC)C(N)N1CCN(CCc2c(-c3c(Cl)cccc3Cl)noc2C2CC2)C(C)C1. The largest absolute Gasteiger partial charge is 0.378 e. The summed E-state index contributed by atoms with van der Waals surface area (Å²) >= 11 is 13.0. The van der Waals surface area contributed by atoms with Crippen molar-refractivity contribution in [2.75, 3.05) is 33.3 Å². The van der Waals surface area contributed by atoms with Gasteiger partial charge in [0.1, 0.15) is 11.5 Å². The Balaban J connectivity index is 1.45. The highest BCUT2D eigenvalue weighted by Gasteiger charge is 2.35. The lowest BCUT2D eigenvalue weighted by Gasteiger charge is -2.43. The molecule has 4 rings (SSSR count). The van der Waals surface area contributed by atoms with E-state index in [-0.39, 0.29) is 12.3 Å². The zero-order valence-corrected chi connectivity index (χ0v) is 21.4. The summed E-state index contributed by atoms with van der Waals surface area (Å²) in [5.41, 5.74) is 9.28. The van der Waals surface area contributed by atoms with Gasteiger partial charge in [0, 0.05) is 56.4 Å². The number of aromatic nitrogens is 1. The number of halogens is 2. The van der Waals surface area contributed by atoms with Gasteiger partial charge in [-0.2, -0.15) is 0 Å². The first-order valence-electron chi connectivity index (χ1n) is 12.1. The summed E-state index contributed by atoms with van der Waals surface area (Å²) in [6.45, 7) is 8.24. The Morgan fingerprint density at radius 1 is 1.24 bits per heavy atom. The van der Waals surface area contributed by atoms with E-state index in [1.54, 1.807) is 7.11 Å². The third-order valence-corrected chi connectivity index (χ3v) is 7.72. The number of benzene rings is 1. The van der Waals surface area contributed by atoms with Gasteiger partial charge in [-0.05, 0) is 44.7 Å². The second-order valence-corrected chi connectivity index (χ2v) is 10.2. The molecule has 8 heteroatoms. The Bertz CT molecular complexity index is 913.